The molecule has 0 unspecified atom stereocenters. The molecule has 1 fully saturated rings. The second kappa shape index (κ2) is 6.71. The summed E-state index contributed by atoms with van der Waals surface area (Å²) in [5, 5.41) is 6.97. The molecule has 0 atom stereocenters. The van der Waals surface area contributed by atoms with E-state index in [4.69, 9.17) is 4.98 Å². The second-order valence-corrected chi connectivity index (χ2v) is 7.41. The zero-order valence-corrected chi connectivity index (χ0v) is 13.6. The molecule has 3 heteroatoms. The van der Waals surface area contributed by atoms with Crippen LogP contribution in [0.1, 0.15) is 44.0 Å². The monoisotopic (exact) mass is 300 g/mol. The second-order valence-electron chi connectivity index (χ2n) is 6.47. The lowest BCUT2D eigenvalue weighted by Crippen LogP contribution is -2.33. The fraction of sp³-hybridized carbons (Fsp3) is 0.500. The molecule has 1 saturated carbocycles. The third-order valence-electron chi connectivity index (χ3n) is 4.51. The van der Waals surface area contributed by atoms with Crippen molar-refractivity contribution < 1.29 is 0 Å². The fourth-order valence-corrected chi connectivity index (χ4v) is 3.96. The molecule has 0 radical (unpaired) electrons. The largest absolute Gasteiger partial charge is 0.310 e. The summed E-state index contributed by atoms with van der Waals surface area (Å²) < 4.78 is 0. The SMILES string of the molecule is CC1(CNCc2nc(-c3ccccc3)cs2)CCCCC1. The van der Waals surface area contributed by atoms with E-state index in [0.29, 0.717) is 5.41 Å². The summed E-state index contributed by atoms with van der Waals surface area (Å²) in [5.41, 5.74) is 2.80. The van der Waals surface area contributed by atoms with Crippen molar-refractivity contribution in [1.82, 2.24) is 10.3 Å². The van der Waals surface area contributed by atoms with Crippen LogP contribution in [0.15, 0.2) is 35.7 Å². The highest BCUT2D eigenvalue weighted by molar-refractivity contribution is 7.09. The van der Waals surface area contributed by atoms with Crippen molar-refractivity contribution in [3.8, 4) is 11.3 Å². The van der Waals surface area contributed by atoms with Crippen LogP contribution >= 0.6 is 11.3 Å². The zero-order valence-electron chi connectivity index (χ0n) is 12.8. The standard InChI is InChI=1S/C18H24N2S/c1-18(10-6-3-7-11-18)14-19-12-17-20-16(13-21-17)15-8-4-2-5-9-15/h2,4-5,8-9,13,19H,3,6-7,10-12,14H2,1H3. The minimum absolute atomic E-state index is 0.498. The molecule has 0 bridgehead atoms. The summed E-state index contributed by atoms with van der Waals surface area (Å²) in [5.74, 6) is 0. The number of aromatic nitrogens is 1. The first-order chi connectivity index (χ1) is 10.3. The maximum Gasteiger partial charge on any atom is 0.107 e. The van der Waals surface area contributed by atoms with Gasteiger partial charge < -0.3 is 5.32 Å². The number of nitrogens with one attached hydrogen (secondary N) is 1. The highest BCUT2D eigenvalue weighted by Gasteiger charge is 2.26. The van der Waals surface area contributed by atoms with Gasteiger partial charge in [0, 0.05) is 24.0 Å². The summed E-state index contributed by atoms with van der Waals surface area (Å²) in [7, 11) is 0. The minimum Gasteiger partial charge on any atom is -0.310 e. The predicted octanol–water partition coefficient (Wildman–Crippen LogP) is 4.87. The fourth-order valence-electron chi connectivity index (χ4n) is 3.19. The van der Waals surface area contributed by atoms with Gasteiger partial charge in [0.1, 0.15) is 5.01 Å². The van der Waals surface area contributed by atoms with Gasteiger partial charge in [-0.25, -0.2) is 4.98 Å². The van der Waals surface area contributed by atoms with Crippen LogP contribution in [-0.2, 0) is 6.54 Å². The van der Waals surface area contributed by atoms with E-state index in [1.807, 2.05) is 6.07 Å². The number of rotatable bonds is 5. The van der Waals surface area contributed by atoms with Gasteiger partial charge in [0.15, 0.2) is 0 Å². The normalized spacial score (nSPS) is 17.8. The van der Waals surface area contributed by atoms with Crippen molar-refractivity contribution >= 4 is 11.3 Å². The van der Waals surface area contributed by atoms with Crippen molar-refractivity contribution in [2.24, 2.45) is 5.41 Å². The minimum atomic E-state index is 0.498. The first-order valence-corrected chi connectivity index (χ1v) is 8.84. The van der Waals surface area contributed by atoms with Crippen LogP contribution in [0.25, 0.3) is 11.3 Å². The van der Waals surface area contributed by atoms with Crippen LogP contribution in [-0.4, -0.2) is 11.5 Å². The molecule has 1 aliphatic carbocycles. The van der Waals surface area contributed by atoms with E-state index in [2.05, 4.69) is 41.9 Å². The van der Waals surface area contributed by atoms with Gasteiger partial charge in [0.05, 0.1) is 5.69 Å². The number of thiazole rings is 1. The lowest BCUT2D eigenvalue weighted by molar-refractivity contribution is 0.207. The number of nitrogens with zero attached hydrogens (tertiary/aromatic N) is 1. The molecule has 2 aromatic rings. The lowest BCUT2D eigenvalue weighted by Gasteiger charge is -2.33. The van der Waals surface area contributed by atoms with E-state index in [-0.39, 0.29) is 0 Å². The molecule has 3 rings (SSSR count). The van der Waals surface area contributed by atoms with E-state index in [1.54, 1.807) is 11.3 Å². The van der Waals surface area contributed by atoms with E-state index >= 15 is 0 Å². The Morgan fingerprint density at radius 1 is 1.14 bits per heavy atom. The summed E-state index contributed by atoms with van der Waals surface area (Å²) in [6, 6.07) is 10.4. The molecule has 0 aliphatic heterocycles. The molecule has 0 saturated heterocycles. The van der Waals surface area contributed by atoms with E-state index < -0.39 is 0 Å². The van der Waals surface area contributed by atoms with Crippen LogP contribution < -0.4 is 5.32 Å². The summed E-state index contributed by atoms with van der Waals surface area (Å²) in [6.07, 6.45) is 6.95. The molecule has 0 amide bonds. The Hall–Kier alpha value is -1.19. The summed E-state index contributed by atoms with van der Waals surface area (Å²) in [4.78, 5) is 4.74. The molecule has 21 heavy (non-hydrogen) atoms. The summed E-state index contributed by atoms with van der Waals surface area (Å²) in [6.45, 7) is 4.44. The van der Waals surface area contributed by atoms with Crippen LogP contribution in [0.4, 0.5) is 0 Å². The molecule has 1 heterocycles. The number of benzene rings is 1. The molecular formula is C18H24N2S. The average Bonchev–Trinajstić information content (AvgIpc) is 2.98. The molecule has 2 nitrogen and oxygen atoms in total. The Morgan fingerprint density at radius 3 is 2.67 bits per heavy atom. The molecule has 0 spiro atoms. The maximum absolute atomic E-state index is 4.74. The maximum atomic E-state index is 4.74. The van der Waals surface area contributed by atoms with Crippen molar-refractivity contribution in [2.45, 2.75) is 45.6 Å². The van der Waals surface area contributed by atoms with Crippen LogP contribution in [0.5, 0.6) is 0 Å². The smallest absolute Gasteiger partial charge is 0.107 e. The van der Waals surface area contributed by atoms with E-state index in [1.165, 1.54) is 42.7 Å². The Balaban J connectivity index is 1.53. The van der Waals surface area contributed by atoms with Crippen molar-refractivity contribution in [3.05, 3.63) is 40.7 Å². The van der Waals surface area contributed by atoms with Crippen molar-refractivity contribution in [3.63, 3.8) is 0 Å². The lowest BCUT2D eigenvalue weighted by atomic mass is 9.76. The Kier molecular flexibility index (Phi) is 4.71. The Bertz CT molecular complexity index is 556. The Labute approximate surface area is 131 Å². The quantitative estimate of drug-likeness (QED) is 0.852. The molecule has 1 aromatic carbocycles. The van der Waals surface area contributed by atoms with Crippen LogP contribution in [0.2, 0.25) is 0 Å². The van der Waals surface area contributed by atoms with Gasteiger partial charge in [-0.3, -0.25) is 0 Å². The van der Waals surface area contributed by atoms with Gasteiger partial charge in [-0.15, -0.1) is 11.3 Å². The molecule has 1 aliphatic rings. The van der Waals surface area contributed by atoms with Gasteiger partial charge in [-0.2, -0.15) is 0 Å². The van der Waals surface area contributed by atoms with Gasteiger partial charge in [0.25, 0.3) is 0 Å². The van der Waals surface area contributed by atoms with E-state index in [9.17, 15) is 0 Å². The van der Waals surface area contributed by atoms with Crippen molar-refractivity contribution in [1.29, 1.82) is 0 Å². The average molecular weight is 300 g/mol. The van der Waals surface area contributed by atoms with Crippen molar-refractivity contribution in [2.75, 3.05) is 6.54 Å². The van der Waals surface area contributed by atoms with Crippen LogP contribution in [0, 0.1) is 5.41 Å². The third-order valence-corrected chi connectivity index (χ3v) is 5.36. The predicted molar refractivity (Wildman–Crippen MR) is 90.4 cm³/mol. The number of hydrogen-bond acceptors (Lipinski definition) is 3. The van der Waals surface area contributed by atoms with Crippen LogP contribution in [0.3, 0.4) is 0 Å². The zero-order chi connectivity index (χ0) is 14.5. The molecule has 1 N–H and O–H groups in total. The first-order valence-electron chi connectivity index (χ1n) is 7.96. The van der Waals surface area contributed by atoms with Gasteiger partial charge >= 0.3 is 0 Å². The number of hydrogen-bond donors (Lipinski definition) is 1. The van der Waals surface area contributed by atoms with Gasteiger partial charge in [0.2, 0.25) is 0 Å². The van der Waals surface area contributed by atoms with Gasteiger partial charge in [-0.1, -0.05) is 56.5 Å². The molecule has 1 aromatic heterocycles. The Morgan fingerprint density at radius 2 is 1.90 bits per heavy atom. The van der Waals surface area contributed by atoms with E-state index in [0.717, 1.165) is 18.8 Å². The van der Waals surface area contributed by atoms with Gasteiger partial charge in [-0.05, 0) is 18.3 Å². The highest BCUT2D eigenvalue weighted by atomic mass is 32.1. The third kappa shape index (κ3) is 3.92. The summed E-state index contributed by atoms with van der Waals surface area (Å²) >= 11 is 1.76. The first kappa shape index (κ1) is 14.7. The molecular weight excluding hydrogens is 276 g/mol. The highest BCUT2D eigenvalue weighted by Crippen LogP contribution is 2.35. The molecule has 112 valence electrons. The topological polar surface area (TPSA) is 24.9 Å².